The van der Waals surface area contributed by atoms with E-state index in [1.165, 1.54) is 16.3 Å². The van der Waals surface area contributed by atoms with Gasteiger partial charge in [0.2, 0.25) is 0 Å². The molecular weight excluding hydrogens is 258 g/mol. The Morgan fingerprint density at radius 1 is 0.952 bits per heavy atom. The first-order valence-corrected chi connectivity index (χ1v) is 8.00. The van der Waals surface area contributed by atoms with Crippen LogP contribution in [0.2, 0.25) is 0 Å². The molecule has 0 heterocycles. The number of nitrogens with one attached hydrogen (secondary N) is 1. The van der Waals surface area contributed by atoms with Crippen molar-refractivity contribution in [3.8, 4) is 0 Å². The van der Waals surface area contributed by atoms with Crippen LogP contribution in [0.4, 0.5) is 0 Å². The smallest absolute Gasteiger partial charge is 0.0518 e. The molecule has 0 spiro atoms. The van der Waals surface area contributed by atoms with E-state index < -0.39 is 0 Å². The molecule has 0 aromatic heterocycles. The number of hydrogen-bond donors (Lipinski definition) is 1. The topological polar surface area (TPSA) is 21.3 Å². The second-order valence-corrected chi connectivity index (χ2v) is 5.91. The molecule has 114 valence electrons. The van der Waals surface area contributed by atoms with Gasteiger partial charge in [0.15, 0.2) is 0 Å². The predicted molar refractivity (Wildman–Crippen MR) is 90.7 cm³/mol. The van der Waals surface area contributed by atoms with Crippen LogP contribution in [0.5, 0.6) is 0 Å². The van der Waals surface area contributed by atoms with Gasteiger partial charge in [0, 0.05) is 12.6 Å². The molecule has 0 saturated heterocycles. The molecule has 0 bridgehead atoms. The van der Waals surface area contributed by atoms with Crippen molar-refractivity contribution in [2.24, 2.45) is 0 Å². The zero-order valence-electron chi connectivity index (χ0n) is 13.4. The van der Waals surface area contributed by atoms with Crippen molar-refractivity contribution in [1.82, 2.24) is 5.32 Å². The maximum absolute atomic E-state index is 5.55. The normalized spacial score (nSPS) is 13.0. The molecule has 21 heavy (non-hydrogen) atoms. The molecule has 2 nitrogen and oxygen atoms in total. The van der Waals surface area contributed by atoms with Gasteiger partial charge >= 0.3 is 0 Å². The Bertz CT molecular complexity index is 550. The summed E-state index contributed by atoms with van der Waals surface area (Å²) in [5.41, 5.74) is 1.35. The van der Waals surface area contributed by atoms with Crippen molar-refractivity contribution in [3.05, 3.63) is 48.0 Å². The lowest BCUT2D eigenvalue weighted by Crippen LogP contribution is -2.20. The zero-order valence-corrected chi connectivity index (χ0v) is 13.4. The fraction of sp³-hybridized carbons (Fsp3) is 0.474. The highest BCUT2D eigenvalue weighted by molar-refractivity contribution is 5.83. The Morgan fingerprint density at radius 2 is 1.71 bits per heavy atom. The zero-order chi connectivity index (χ0) is 15.1. The van der Waals surface area contributed by atoms with Gasteiger partial charge in [-0.05, 0) is 62.6 Å². The number of unbranched alkanes of at least 4 members (excludes halogenated alkanes) is 1. The third-order valence-corrected chi connectivity index (χ3v) is 3.75. The van der Waals surface area contributed by atoms with E-state index in [9.17, 15) is 0 Å². The molecule has 1 atom stereocenters. The first-order valence-electron chi connectivity index (χ1n) is 8.00. The van der Waals surface area contributed by atoms with E-state index in [4.69, 9.17) is 4.74 Å². The van der Waals surface area contributed by atoms with Crippen molar-refractivity contribution < 1.29 is 4.74 Å². The molecule has 0 amide bonds. The van der Waals surface area contributed by atoms with Crippen LogP contribution < -0.4 is 5.32 Å². The van der Waals surface area contributed by atoms with Crippen molar-refractivity contribution >= 4 is 10.8 Å². The van der Waals surface area contributed by atoms with Crippen LogP contribution in [0.25, 0.3) is 10.8 Å². The standard InChI is InChI=1S/C19H27NO/c1-15(2)21-13-7-6-12-20-16(3)18-11-10-17-8-4-5-9-19(17)14-18/h4-5,8-11,14-16,20H,6-7,12-13H2,1-3H3. The molecule has 2 heteroatoms. The molecule has 2 aromatic rings. The minimum Gasteiger partial charge on any atom is -0.379 e. The van der Waals surface area contributed by atoms with E-state index >= 15 is 0 Å². The second kappa shape index (κ2) is 8.16. The highest BCUT2D eigenvalue weighted by Gasteiger charge is 2.05. The molecule has 2 aromatic carbocycles. The number of rotatable bonds is 8. The molecule has 0 aliphatic carbocycles. The minimum absolute atomic E-state index is 0.342. The fourth-order valence-electron chi connectivity index (χ4n) is 2.46. The number of ether oxygens (including phenoxy) is 1. The largest absolute Gasteiger partial charge is 0.379 e. The van der Waals surface area contributed by atoms with Gasteiger partial charge < -0.3 is 10.1 Å². The molecule has 1 unspecified atom stereocenters. The van der Waals surface area contributed by atoms with Gasteiger partial charge in [-0.3, -0.25) is 0 Å². The monoisotopic (exact) mass is 285 g/mol. The molecule has 0 fully saturated rings. The number of hydrogen-bond acceptors (Lipinski definition) is 2. The Labute approximate surface area is 128 Å². The molecule has 2 rings (SSSR count). The van der Waals surface area contributed by atoms with E-state index in [0.29, 0.717) is 12.1 Å². The average Bonchev–Trinajstić information content (AvgIpc) is 2.49. The Balaban J connectivity index is 1.78. The van der Waals surface area contributed by atoms with Crippen LogP contribution in [0.15, 0.2) is 42.5 Å². The lowest BCUT2D eigenvalue weighted by molar-refractivity contribution is 0.0759. The van der Waals surface area contributed by atoms with Gasteiger partial charge in [-0.25, -0.2) is 0 Å². The van der Waals surface area contributed by atoms with Crippen LogP contribution in [-0.2, 0) is 4.74 Å². The van der Waals surface area contributed by atoms with Gasteiger partial charge in [-0.2, -0.15) is 0 Å². The van der Waals surface area contributed by atoms with Crippen LogP contribution in [-0.4, -0.2) is 19.3 Å². The van der Waals surface area contributed by atoms with E-state index in [1.807, 2.05) is 0 Å². The summed E-state index contributed by atoms with van der Waals surface area (Å²) in [5.74, 6) is 0. The van der Waals surface area contributed by atoms with Gasteiger partial charge in [0.05, 0.1) is 6.10 Å². The van der Waals surface area contributed by atoms with Gasteiger partial charge in [0.1, 0.15) is 0 Å². The van der Waals surface area contributed by atoms with Crippen LogP contribution in [0.3, 0.4) is 0 Å². The maximum atomic E-state index is 5.55. The SMILES string of the molecule is CC(C)OCCCCNC(C)c1ccc2ccccc2c1. The number of fused-ring (bicyclic) bond motifs is 1. The van der Waals surface area contributed by atoms with Crippen LogP contribution >= 0.6 is 0 Å². The summed E-state index contributed by atoms with van der Waals surface area (Å²) in [6.45, 7) is 8.30. The summed E-state index contributed by atoms with van der Waals surface area (Å²) in [7, 11) is 0. The molecule has 0 aliphatic rings. The summed E-state index contributed by atoms with van der Waals surface area (Å²) >= 11 is 0. The van der Waals surface area contributed by atoms with Crippen LogP contribution in [0, 0.1) is 0 Å². The van der Waals surface area contributed by atoms with E-state index in [1.54, 1.807) is 0 Å². The highest BCUT2D eigenvalue weighted by Crippen LogP contribution is 2.20. The first-order chi connectivity index (χ1) is 10.2. The van der Waals surface area contributed by atoms with E-state index in [0.717, 1.165) is 26.0 Å². The minimum atomic E-state index is 0.342. The lowest BCUT2D eigenvalue weighted by Gasteiger charge is -2.15. The van der Waals surface area contributed by atoms with Gasteiger partial charge in [-0.1, -0.05) is 36.4 Å². The van der Waals surface area contributed by atoms with Gasteiger partial charge in [-0.15, -0.1) is 0 Å². The number of benzene rings is 2. The Morgan fingerprint density at radius 3 is 2.48 bits per heavy atom. The van der Waals surface area contributed by atoms with Crippen molar-refractivity contribution in [1.29, 1.82) is 0 Å². The Hall–Kier alpha value is -1.38. The van der Waals surface area contributed by atoms with Crippen molar-refractivity contribution in [3.63, 3.8) is 0 Å². The van der Waals surface area contributed by atoms with Crippen molar-refractivity contribution in [2.75, 3.05) is 13.2 Å². The summed E-state index contributed by atoms with van der Waals surface area (Å²) in [4.78, 5) is 0. The van der Waals surface area contributed by atoms with E-state index in [-0.39, 0.29) is 0 Å². The third kappa shape index (κ3) is 5.14. The molecule has 0 saturated carbocycles. The fourth-order valence-corrected chi connectivity index (χ4v) is 2.46. The summed E-state index contributed by atoms with van der Waals surface area (Å²) < 4.78 is 5.55. The molecular formula is C19H27NO. The summed E-state index contributed by atoms with van der Waals surface area (Å²) in [6, 6.07) is 15.6. The quantitative estimate of drug-likeness (QED) is 0.710. The summed E-state index contributed by atoms with van der Waals surface area (Å²) in [5, 5.41) is 6.21. The molecule has 0 aliphatic heterocycles. The van der Waals surface area contributed by atoms with Gasteiger partial charge in [0.25, 0.3) is 0 Å². The highest BCUT2D eigenvalue weighted by atomic mass is 16.5. The van der Waals surface area contributed by atoms with Crippen LogP contribution in [0.1, 0.15) is 45.2 Å². The second-order valence-electron chi connectivity index (χ2n) is 5.91. The molecule has 1 N–H and O–H groups in total. The molecule has 0 radical (unpaired) electrons. The van der Waals surface area contributed by atoms with Crippen molar-refractivity contribution in [2.45, 2.75) is 45.8 Å². The van der Waals surface area contributed by atoms with E-state index in [2.05, 4.69) is 68.6 Å². The lowest BCUT2D eigenvalue weighted by atomic mass is 10.0. The maximum Gasteiger partial charge on any atom is 0.0518 e. The average molecular weight is 285 g/mol. The first kappa shape index (κ1) is 16.0. The Kier molecular flexibility index (Phi) is 6.21. The summed E-state index contributed by atoms with van der Waals surface area (Å²) in [6.07, 6.45) is 2.62. The third-order valence-electron chi connectivity index (χ3n) is 3.75. The predicted octanol–water partition coefficient (Wildman–Crippen LogP) is 4.70.